The van der Waals surface area contributed by atoms with Gasteiger partial charge in [0.2, 0.25) is 0 Å². The molecule has 0 bridgehead atoms. The SMILES string of the molecule is CC(C)(C)[Si]1(c2ccccc2)C(c2ccc(F)cc2)=C(c2ccccc2)C(c2ccccc2)=C1c1ccc(F)cc1. The summed E-state index contributed by atoms with van der Waals surface area (Å²) in [4.78, 5) is 0. The van der Waals surface area contributed by atoms with E-state index in [-0.39, 0.29) is 16.7 Å². The highest BCUT2D eigenvalue weighted by atomic mass is 28.3. The zero-order valence-corrected chi connectivity index (χ0v) is 24.5. The van der Waals surface area contributed by atoms with Crippen LogP contribution in [0.4, 0.5) is 8.78 Å². The number of hydrogen-bond acceptors (Lipinski definition) is 0. The molecule has 0 unspecified atom stereocenters. The molecule has 202 valence electrons. The summed E-state index contributed by atoms with van der Waals surface area (Å²) >= 11 is 0. The van der Waals surface area contributed by atoms with E-state index in [2.05, 4.69) is 99.6 Å². The molecule has 5 aromatic carbocycles. The maximum atomic E-state index is 14.4. The van der Waals surface area contributed by atoms with Gasteiger partial charge in [0.1, 0.15) is 11.6 Å². The Bertz CT molecular complexity index is 1620. The maximum Gasteiger partial charge on any atom is 0.156 e. The van der Waals surface area contributed by atoms with Gasteiger partial charge in [-0.3, -0.25) is 0 Å². The quantitative estimate of drug-likeness (QED) is 0.190. The fourth-order valence-corrected chi connectivity index (χ4v) is 13.0. The third-order valence-electron chi connectivity index (χ3n) is 8.22. The van der Waals surface area contributed by atoms with Crippen molar-refractivity contribution in [2.24, 2.45) is 0 Å². The molecule has 0 nitrogen and oxygen atoms in total. The number of hydrogen-bond donors (Lipinski definition) is 0. The molecular formula is C38H32F2Si. The summed E-state index contributed by atoms with van der Waals surface area (Å²) in [6, 6.07) is 45.8. The van der Waals surface area contributed by atoms with Crippen LogP contribution < -0.4 is 5.19 Å². The molecule has 6 rings (SSSR count). The van der Waals surface area contributed by atoms with Gasteiger partial charge in [-0.15, -0.1) is 0 Å². The van der Waals surface area contributed by atoms with Crippen molar-refractivity contribution in [3.63, 3.8) is 0 Å². The first kappa shape index (κ1) is 26.9. The average molecular weight is 555 g/mol. The molecule has 0 atom stereocenters. The molecular weight excluding hydrogens is 523 g/mol. The fourth-order valence-electron chi connectivity index (χ4n) is 6.65. The lowest BCUT2D eigenvalue weighted by Crippen LogP contribution is -2.56. The van der Waals surface area contributed by atoms with E-state index in [4.69, 9.17) is 0 Å². The average Bonchev–Trinajstić information content (AvgIpc) is 3.32. The molecule has 0 saturated heterocycles. The Balaban J connectivity index is 1.90. The number of halogens is 2. The predicted octanol–water partition coefficient (Wildman–Crippen LogP) is 9.73. The summed E-state index contributed by atoms with van der Waals surface area (Å²) in [6.45, 7) is 6.99. The van der Waals surface area contributed by atoms with Crippen molar-refractivity contribution in [2.45, 2.75) is 25.8 Å². The van der Waals surface area contributed by atoms with E-state index in [1.165, 1.54) is 15.6 Å². The number of benzene rings is 5. The second kappa shape index (κ2) is 10.6. The lowest BCUT2D eigenvalue weighted by Gasteiger charge is -2.45. The first-order chi connectivity index (χ1) is 19.8. The van der Waals surface area contributed by atoms with Crippen LogP contribution in [0.25, 0.3) is 21.5 Å². The van der Waals surface area contributed by atoms with E-state index in [0.29, 0.717) is 0 Å². The first-order valence-corrected chi connectivity index (χ1v) is 16.0. The summed E-state index contributed by atoms with van der Waals surface area (Å²) in [5, 5.41) is 3.55. The minimum Gasteiger partial charge on any atom is -0.207 e. The van der Waals surface area contributed by atoms with E-state index < -0.39 is 8.07 Å². The maximum absolute atomic E-state index is 14.4. The molecule has 0 radical (unpaired) electrons. The van der Waals surface area contributed by atoms with Crippen molar-refractivity contribution in [1.82, 2.24) is 0 Å². The van der Waals surface area contributed by atoms with Crippen LogP contribution in [-0.2, 0) is 0 Å². The third-order valence-corrected chi connectivity index (χ3v) is 14.2. The Labute approximate surface area is 242 Å². The molecule has 3 heteroatoms. The minimum atomic E-state index is -2.96. The molecule has 0 aromatic heterocycles. The summed E-state index contributed by atoms with van der Waals surface area (Å²) in [7, 11) is -2.96. The van der Waals surface area contributed by atoms with Crippen molar-refractivity contribution in [3.8, 4) is 0 Å². The Morgan fingerprint density at radius 1 is 0.415 bits per heavy atom. The highest BCUT2D eigenvalue weighted by Gasteiger charge is 2.58. The fraction of sp³-hybridized carbons (Fsp3) is 0.105. The number of allylic oxidation sites excluding steroid dienone is 2. The molecule has 0 aliphatic carbocycles. The molecule has 0 spiro atoms. The summed E-state index contributed by atoms with van der Waals surface area (Å²) < 4.78 is 28.8. The lowest BCUT2D eigenvalue weighted by molar-refractivity contribution is 0.627. The van der Waals surface area contributed by atoms with Crippen molar-refractivity contribution in [3.05, 3.63) is 173 Å². The molecule has 0 saturated carbocycles. The van der Waals surface area contributed by atoms with Gasteiger partial charge in [-0.05, 0) is 78.3 Å². The topological polar surface area (TPSA) is 0 Å². The molecule has 1 heterocycles. The van der Waals surface area contributed by atoms with E-state index in [1.54, 1.807) is 24.3 Å². The van der Waals surface area contributed by atoms with Gasteiger partial charge < -0.3 is 0 Å². The van der Waals surface area contributed by atoms with Crippen LogP contribution in [0.2, 0.25) is 5.04 Å². The zero-order chi connectivity index (χ0) is 28.6. The second-order valence-corrected chi connectivity index (χ2v) is 16.2. The van der Waals surface area contributed by atoms with Gasteiger partial charge in [0.05, 0.1) is 0 Å². The van der Waals surface area contributed by atoms with Crippen LogP contribution in [-0.4, -0.2) is 8.07 Å². The normalized spacial score (nSPS) is 15.0. The van der Waals surface area contributed by atoms with Crippen molar-refractivity contribution in [2.75, 3.05) is 0 Å². The monoisotopic (exact) mass is 554 g/mol. The number of rotatable bonds is 5. The Kier molecular flexibility index (Phi) is 6.92. The van der Waals surface area contributed by atoms with E-state index in [9.17, 15) is 8.78 Å². The van der Waals surface area contributed by atoms with Gasteiger partial charge in [0, 0.05) is 0 Å². The summed E-state index contributed by atoms with van der Waals surface area (Å²) in [6.07, 6.45) is 0. The zero-order valence-electron chi connectivity index (χ0n) is 23.5. The van der Waals surface area contributed by atoms with Gasteiger partial charge in [-0.1, -0.05) is 136 Å². The van der Waals surface area contributed by atoms with Crippen LogP contribution in [0, 0.1) is 11.6 Å². The van der Waals surface area contributed by atoms with Gasteiger partial charge in [0.25, 0.3) is 0 Å². The molecule has 5 aromatic rings. The van der Waals surface area contributed by atoms with Crippen molar-refractivity contribution >= 4 is 34.8 Å². The van der Waals surface area contributed by atoms with Crippen LogP contribution in [0.3, 0.4) is 0 Å². The molecule has 0 fully saturated rings. The van der Waals surface area contributed by atoms with Gasteiger partial charge >= 0.3 is 0 Å². The Morgan fingerprint density at radius 3 is 1.10 bits per heavy atom. The predicted molar refractivity (Wildman–Crippen MR) is 171 cm³/mol. The highest BCUT2D eigenvalue weighted by molar-refractivity contribution is 7.23. The highest BCUT2D eigenvalue weighted by Crippen LogP contribution is 2.62. The summed E-state index contributed by atoms with van der Waals surface area (Å²) in [5.74, 6) is -0.516. The first-order valence-electron chi connectivity index (χ1n) is 14.0. The smallest absolute Gasteiger partial charge is 0.156 e. The lowest BCUT2D eigenvalue weighted by atomic mass is 9.89. The molecule has 1 aliphatic rings. The van der Waals surface area contributed by atoms with Crippen LogP contribution in [0.5, 0.6) is 0 Å². The van der Waals surface area contributed by atoms with E-state index >= 15 is 0 Å². The Hall–Kier alpha value is -4.34. The van der Waals surface area contributed by atoms with Crippen molar-refractivity contribution < 1.29 is 8.78 Å². The molecule has 41 heavy (non-hydrogen) atoms. The van der Waals surface area contributed by atoms with Gasteiger partial charge in [-0.25, -0.2) is 8.78 Å². The standard InChI is InChI=1S/C38H32F2Si/c1-38(2,3)41(33-17-11-6-12-18-33)36(29-19-23-31(39)24-20-29)34(27-13-7-4-8-14-27)35(28-15-9-5-10-16-28)37(41)30-21-25-32(40)26-22-30/h4-26H,1-3H3. The Morgan fingerprint density at radius 2 is 0.756 bits per heavy atom. The largest absolute Gasteiger partial charge is 0.207 e. The molecule has 0 N–H and O–H groups in total. The van der Waals surface area contributed by atoms with Crippen LogP contribution in [0.15, 0.2) is 140 Å². The molecule has 0 amide bonds. The van der Waals surface area contributed by atoms with Crippen LogP contribution in [0.1, 0.15) is 43.0 Å². The van der Waals surface area contributed by atoms with E-state index in [0.717, 1.165) is 33.4 Å². The molecule has 1 aliphatic heterocycles. The van der Waals surface area contributed by atoms with Gasteiger partial charge in [-0.2, -0.15) is 0 Å². The third kappa shape index (κ3) is 4.51. The summed E-state index contributed by atoms with van der Waals surface area (Å²) in [5.41, 5.74) is 6.57. The second-order valence-electron chi connectivity index (χ2n) is 11.6. The van der Waals surface area contributed by atoms with Crippen LogP contribution >= 0.6 is 0 Å². The van der Waals surface area contributed by atoms with E-state index in [1.807, 2.05) is 36.4 Å². The van der Waals surface area contributed by atoms with Crippen molar-refractivity contribution in [1.29, 1.82) is 0 Å². The van der Waals surface area contributed by atoms with Gasteiger partial charge in [0.15, 0.2) is 8.07 Å². The minimum absolute atomic E-state index is 0.224.